The van der Waals surface area contributed by atoms with Crippen molar-refractivity contribution < 1.29 is 38.8 Å². The first kappa shape index (κ1) is 24.7. The molecule has 2 fully saturated rings. The number of ether oxygens (including phenoxy) is 3. The van der Waals surface area contributed by atoms with Gasteiger partial charge in [0.2, 0.25) is 5.78 Å². The molecule has 1 saturated carbocycles. The third-order valence-electron chi connectivity index (χ3n) is 8.23. The van der Waals surface area contributed by atoms with E-state index in [1.54, 1.807) is 26.8 Å². The number of carbonyl (C=O) groups excluding carboxylic acids is 3. The minimum Gasteiger partial charge on any atom is -0.504 e. The number of aliphatic hydroxyl groups excluding tert-OH is 2. The van der Waals surface area contributed by atoms with Crippen molar-refractivity contribution in [2.24, 2.45) is 22.7 Å². The number of Topliss-reactive ketones (excluding diaryl/α,β-unsaturated/α-hetero) is 1. The van der Waals surface area contributed by atoms with Gasteiger partial charge in [0.05, 0.1) is 24.0 Å². The molecule has 4 rings (SSSR count). The van der Waals surface area contributed by atoms with Gasteiger partial charge in [-0.15, -0.1) is 6.58 Å². The lowest BCUT2D eigenvalue weighted by Gasteiger charge is -2.53. The molecule has 1 aliphatic heterocycles. The predicted octanol–water partition coefficient (Wildman–Crippen LogP) is 2.95. The van der Waals surface area contributed by atoms with E-state index in [2.05, 4.69) is 6.58 Å². The van der Waals surface area contributed by atoms with Crippen LogP contribution in [0.2, 0.25) is 0 Å². The van der Waals surface area contributed by atoms with E-state index in [-0.39, 0.29) is 36.2 Å². The zero-order valence-corrected chi connectivity index (χ0v) is 20.5. The van der Waals surface area contributed by atoms with E-state index in [9.17, 15) is 24.6 Å². The van der Waals surface area contributed by atoms with Gasteiger partial charge in [-0.2, -0.15) is 0 Å². The smallest absolute Gasteiger partial charge is 0.308 e. The molecule has 3 aliphatic carbocycles. The summed E-state index contributed by atoms with van der Waals surface area (Å²) in [5.74, 6) is -2.76. The molecular weight excluding hydrogens is 440 g/mol. The highest BCUT2D eigenvalue weighted by atomic mass is 16.6. The summed E-state index contributed by atoms with van der Waals surface area (Å²) >= 11 is 0. The van der Waals surface area contributed by atoms with Crippen LogP contribution in [-0.2, 0) is 28.6 Å². The van der Waals surface area contributed by atoms with E-state index < -0.39 is 52.1 Å². The highest BCUT2D eigenvalue weighted by molar-refractivity contribution is 6.11. The zero-order chi connectivity index (χ0) is 25.2. The summed E-state index contributed by atoms with van der Waals surface area (Å²) < 4.78 is 17.6. The maximum absolute atomic E-state index is 13.8. The standard InChI is InChI=1S/C26H34O8/c1-7-24(5)8-9-26-17-15(11-33-26)10-16(34-14(4)27)25(6,12-32-23(31)13(2)3)18(17)20(28)21(29)19(26)22(24)30/h7,13,15-16,22,29-30H,1,8-12H2,2-6H3. The summed E-state index contributed by atoms with van der Waals surface area (Å²) in [6.07, 6.45) is 1.13. The molecule has 0 aromatic heterocycles. The molecule has 0 radical (unpaired) electrons. The SMILES string of the molecule is C=CC1(C)CCC23OCC4CC(OC(C)=O)C(C)(COC(=O)C(C)C)C(=C42)C(=O)C(O)=C3C1O. The van der Waals surface area contributed by atoms with E-state index in [4.69, 9.17) is 14.2 Å². The third kappa shape index (κ3) is 3.29. The quantitative estimate of drug-likeness (QED) is 0.461. The largest absolute Gasteiger partial charge is 0.504 e. The van der Waals surface area contributed by atoms with E-state index in [1.165, 1.54) is 6.92 Å². The molecule has 1 saturated heterocycles. The van der Waals surface area contributed by atoms with Crippen LogP contribution in [0.3, 0.4) is 0 Å². The van der Waals surface area contributed by atoms with Gasteiger partial charge in [-0.25, -0.2) is 0 Å². The molecule has 2 N–H and O–H groups in total. The molecule has 1 spiro atoms. The van der Waals surface area contributed by atoms with Crippen molar-refractivity contribution in [3.8, 4) is 0 Å². The highest BCUT2D eigenvalue weighted by Gasteiger charge is 2.66. The van der Waals surface area contributed by atoms with Crippen LogP contribution in [-0.4, -0.2) is 59.0 Å². The first-order valence-corrected chi connectivity index (χ1v) is 11.9. The number of hydrogen-bond donors (Lipinski definition) is 2. The molecule has 0 aromatic rings. The van der Waals surface area contributed by atoms with Gasteiger partial charge in [-0.1, -0.05) is 26.8 Å². The Morgan fingerprint density at radius 1 is 1.26 bits per heavy atom. The lowest BCUT2D eigenvalue weighted by Crippen LogP contribution is -2.57. The minimum absolute atomic E-state index is 0.180. The van der Waals surface area contributed by atoms with Crippen LogP contribution >= 0.6 is 0 Å². The first-order chi connectivity index (χ1) is 15.8. The number of carbonyl (C=O) groups is 3. The summed E-state index contributed by atoms with van der Waals surface area (Å²) in [5, 5.41) is 22.5. The van der Waals surface area contributed by atoms with Crippen molar-refractivity contribution in [3.63, 3.8) is 0 Å². The van der Waals surface area contributed by atoms with Gasteiger partial charge in [0.1, 0.15) is 18.3 Å². The number of ketones is 1. The van der Waals surface area contributed by atoms with E-state index in [0.29, 0.717) is 24.8 Å². The second-order valence-electron chi connectivity index (χ2n) is 10.8. The molecule has 0 amide bonds. The average Bonchev–Trinajstić information content (AvgIpc) is 3.13. The second kappa shape index (κ2) is 8.05. The summed E-state index contributed by atoms with van der Waals surface area (Å²) in [7, 11) is 0. The molecule has 8 nitrogen and oxygen atoms in total. The van der Waals surface area contributed by atoms with Crippen LogP contribution in [0.25, 0.3) is 0 Å². The van der Waals surface area contributed by atoms with Crippen molar-refractivity contribution in [1.29, 1.82) is 0 Å². The summed E-state index contributed by atoms with van der Waals surface area (Å²) in [6.45, 7) is 12.2. The Morgan fingerprint density at radius 2 is 1.94 bits per heavy atom. The van der Waals surface area contributed by atoms with Crippen molar-refractivity contribution in [1.82, 2.24) is 0 Å². The predicted molar refractivity (Wildman–Crippen MR) is 121 cm³/mol. The van der Waals surface area contributed by atoms with E-state index in [1.807, 2.05) is 6.92 Å². The Bertz CT molecular complexity index is 1020. The molecule has 6 atom stereocenters. The fourth-order valence-electron chi connectivity index (χ4n) is 6.10. The summed E-state index contributed by atoms with van der Waals surface area (Å²) in [5.41, 5.74) is -1.88. The molecule has 1 heterocycles. The van der Waals surface area contributed by atoms with Gasteiger partial charge in [0, 0.05) is 29.4 Å². The first-order valence-electron chi connectivity index (χ1n) is 11.9. The average molecular weight is 475 g/mol. The minimum atomic E-state index is -1.19. The normalized spacial score (nSPS) is 39.0. The molecule has 186 valence electrons. The van der Waals surface area contributed by atoms with Gasteiger partial charge in [-0.3, -0.25) is 14.4 Å². The Labute approximate surface area is 199 Å². The van der Waals surface area contributed by atoms with Gasteiger partial charge < -0.3 is 24.4 Å². The van der Waals surface area contributed by atoms with Gasteiger partial charge >= 0.3 is 11.9 Å². The van der Waals surface area contributed by atoms with Gasteiger partial charge in [-0.05, 0) is 31.8 Å². The van der Waals surface area contributed by atoms with Crippen LogP contribution in [0.4, 0.5) is 0 Å². The number of allylic oxidation sites excluding steroid dienone is 1. The number of rotatable bonds is 5. The van der Waals surface area contributed by atoms with Crippen molar-refractivity contribution in [2.45, 2.75) is 71.7 Å². The zero-order valence-electron chi connectivity index (χ0n) is 20.5. The maximum atomic E-state index is 13.8. The summed E-state index contributed by atoms with van der Waals surface area (Å²) in [6, 6.07) is 0. The Hall–Kier alpha value is -2.45. The highest BCUT2D eigenvalue weighted by Crippen LogP contribution is 2.62. The number of hydrogen-bond acceptors (Lipinski definition) is 8. The topological polar surface area (TPSA) is 119 Å². The van der Waals surface area contributed by atoms with Crippen LogP contribution < -0.4 is 0 Å². The Balaban J connectivity index is 1.88. The number of esters is 2. The lowest BCUT2D eigenvalue weighted by atomic mass is 9.54. The molecule has 0 bridgehead atoms. The van der Waals surface area contributed by atoms with Crippen molar-refractivity contribution >= 4 is 17.7 Å². The van der Waals surface area contributed by atoms with Gasteiger partial charge in [0.25, 0.3) is 0 Å². The van der Waals surface area contributed by atoms with Crippen LogP contribution in [0.5, 0.6) is 0 Å². The van der Waals surface area contributed by atoms with Crippen LogP contribution in [0.15, 0.2) is 35.1 Å². The monoisotopic (exact) mass is 474 g/mol. The van der Waals surface area contributed by atoms with E-state index in [0.717, 1.165) is 0 Å². The van der Waals surface area contributed by atoms with Crippen molar-refractivity contribution in [2.75, 3.05) is 13.2 Å². The Morgan fingerprint density at radius 3 is 2.53 bits per heavy atom. The fourth-order valence-corrected chi connectivity index (χ4v) is 6.10. The van der Waals surface area contributed by atoms with Gasteiger partial charge in [0.15, 0.2) is 5.76 Å². The molecule has 6 unspecified atom stereocenters. The van der Waals surface area contributed by atoms with Crippen LogP contribution in [0.1, 0.15) is 53.9 Å². The molecular formula is C26H34O8. The molecule has 8 heteroatoms. The third-order valence-corrected chi connectivity index (χ3v) is 8.23. The summed E-state index contributed by atoms with van der Waals surface area (Å²) in [4.78, 5) is 38.1. The second-order valence-corrected chi connectivity index (χ2v) is 10.8. The van der Waals surface area contributed by atoms with E-state index >= 15 is 0 Å². The molecule has 4 aliphatic rings. The maximum Gasteiger partial charge on any atom is 0.308 e. The van der Waals surface area contributed by atoms with Crippen molar-refractivity contribution in [3.05, 3.63) is 35.1 Å². The molecule has 34 heavy (non-hydrogen) atoms. The van der Waals surface area contributed by atoms with Crippen LogP contribution in [0, 0.1) is 22.7 Å². The number of aliphatic hydroxyl groups is 2. The Kier molecular flexibility index (Phi) is 5.84. The molecule has 0 aromatic carbocycles. The lowest BCUT2D eigenvalue weighted by molar-refractivity contribution is -0.163. The fraction of sp³-hybridized carbons (Fsp3) is 0.654.